The molecule has 2 N–H and O–H groups in total. The first-order chi connectivity index (χ1) is 6.85. The second-order valence-electron chi connectivity index (χ2n) is 2.50. The van der Waals surface area contributed by atoms with Crippen molar-refractivity contribution in [2.45, 2.75) is 13.1 Å². The van der Waals surface area contributed by atoms with Gasteiger partial charge in [-0.05, 0) is 6.92 Å². The summed E-state index contributed by atoms with van der Waals surface area (Å²) in [5.41, 5.74) is 0. The molecule has 88 valence electrons. The van der Waals surface area contributed by atoms with Crippen LogP contribution >= 0.6 is 0 Å². The Morgan fingerprint density at radius 2 is 1.87 bits per heavy atom. The molecule has 0 aliphatic heterocycles. The molecule has 0 aromatic rings. The van der Waals surface area contributed by atoms with Crippen LogP contribution in [0, 0.1) is 0 Å². The predicted octanol–water partition coefficient (Wildman–Crippen LogP) is 0.411. The van der Waals surface area contributed by atoms with Gasteiger partial charge in [-0.2, -0.15) is 13.2 Å². The zero-order valence-electron chi connectivity index (χ0n) is 7.98. The van der Waals surface area contributed by atoms with Gasteiger partial charge in [-0.25, -0.2) is 4.79 Å². The van der Waals surface area contributed by atoms with Gasteiger partial charge in [0.05, 0.1) is 6.54 Å². The molecule has 0 aliphatic carbocycles. The first-order valence-electron chi connectivity index (χ1n) is 4.09. The second kappa shape index (κ2) is 6.10. The van der Waals surface area contributed by atoms with Crippen LogP contribution in [0.3, 0.4) is 0 Å². The summed E-state index contributed by atoms with van der Waals surface area (Å²) in [6, 6.07) is 0. The monoisotopic (exact) mass is 228 g/mol. The lowest BCUT2D eigenvalue weighted by Gasteiger charge is -2.08. The van der Waals surface area contributed by atoms with Crippen molar-refractivity contribution >= 4 is 12.0 Å². The van der Waals surface area contributed by atoms with Crippen LogP contribution in [0.5, 0.6) is 0 Å². The van der Waals surface area contributed by atoms with Crippen molar-refractivity contribution in [1.29, 1.82) is 0 Å². The van der Waals surface area contributed by atoms with Gasteiger partial charge in [-0.1, -0.05) is 0 Å². The fraction of sp³-hybridized carbons (Fsp3) is 0.714. The van der Waals surface area contributed by atoms with Gasteiger partial charge in [0.1, 0.15) is 0 Å². The average molecular weight is 228 g/mol. The normalized spacial score (nSPS) is 10.7. The molecule has 0 rings (SSSR count). The van der Waals surface area contributed by atoms with E-state index in [1.54, 1.807) is 6.92 Å². The fourth-order valence-corrected chi connectivity index (χ4v) is 0.611. The van der Waals surface area contributed by atoms with Crippen molar-refractivity contribution in [1.82, 2.24) is 10.6 Å². The van der Waals surface area contributed by atoms with E-state index in [0.717, 1.165) is 0 Å². The molecular weight excluding hydrogens is 217 g/mol. The molecule has 0 fully saturated rings. The Balaban J connectivity index is 3.62. The summed E-state index contributed by atoms with van der Waals surface area (Å²) in [5, 5.41) is 4.21. The highest BCUT2D eigenvalue weighted by Gasteiger charge is 2.29. The molecule has 0 saturated heterocycles. The number of rotatable bonds is 4. The van der Waals surface area contributed by atoms with E-state index in [-0.39, 0.29) is 0 Å². The molecule has 0 aromatic carbocycles. The predicted molar refractivity (Wildman–Crippen MR) is 44.1 cm³/mol. The van der Waals surface area contributed by atoms with Crippen molar-refractivity contribution in [3.63, 3.8) is 0 Å². The summed E-state index contributed by atoms with van der Waals surface area (Å²) in [6.07, 6.45) is -5.85. The minimum Gasteiger partial charge on any atom is -0.440 e. The summed E-state index contributed by atoms with van der Waals surface area (Å²) in [5.74, 6) is -0.499. The highest BCUT2D eigenvalue weighted by atomic mass is 19.4. The summed E-state index contributed by atoms with van der Waals surface area (Å²) < 4.78 is 38.4. The molecule has 2 amide bonds. The molecule has 0 unspecified atom stereocenters. The van der Waals surface area contributed by atoms with Crippen LogP contribution in [0.25, 0.3) is 0 Å². The van der Waals surface area contributed by atoms with Crippen LogP contribution in [0.2, 0.25) is 0 Å². The van der Waals surface area contributed by atoms with E-state index in [0.29, 0.717) is 6.54 Å². The number of carbonyl (C=O) groups excluding carboxylic acids is 2. The third kappa shape index (κ3) is 8.85. The summed E-state index contributed by atoms with van der Waals surface area (Å²) in [6.45, 7) is -0.0449. The van der Waals surface area contributed by atoms with Crippen molar-refractivity contribution < 1.29 is 27.5 Å². The Hall–Kier alpha value is -1.47. The minimum atomic E-state index is -4.57. The summed E-state index contributed by atoms with van der Waals surface area (Å²) >= 11 is 0. The molecule has 0 aromatic heterocycles. The van der Waals surface area contributed by atoms with Gasteiger partial charge in [0.25, 0.3) is 0 Å². The molecule has 0 heterocycles. The van der Waals surface area contributed by atoms with Crippen LogP contribution in [0.15, 0.2) is 0 Å². The minimum absolute atomic E-state index is 0.373. The van der Waals surface area contributed by atoms with Gasteiger partial charge < -0.3 is 15.4 Å². The molecule has 8 heteroatoms. The molecule has 0 saturated carbocycles. The smallest absolute Gasteiger partial charge is 0.422 e. The standard InChI is InChI=1S/C7H11F3N2O3/c1-2-11-5(13)3-12-6(14)15-4-7(8,9)10/h2-4H2,1H3,(H,11,13)(H,12,14). The van der Waals surface area contributed by atoms with E-state index in [4.69, 9.17) is 0 Å². The summed E-state index contributed by atoms with van der Waals surface area (Å²) in [4.78, 5) is 21.3. The largest absolute Gasteiger partial charge is 0.440 e. The molecule has 5 nitrogen and oxygen atoms in total. The van der Waals surface area contributed by atoms with Crippen LogP contribution in [0.1, 0.15) is 6.92 Å². The number of alkyl carbamates (subject to hydrolysis) is 1. The van der Waals surface area contributed by atoms with Gasteiger partial charge in [0.2, 0.25) is 5.91 Å². The number of nitrogens with one attached hydrogen (secondary N) is 2. The molecule has 0 aliphatic rings. The Morgan fingerprint density at radius 1 is 1.27 bits per heavy atom. The lowest BCUT2D eigenvalue weighted by atomic mass is 10.5. The van der Waals surface area contributed by atoms with Crippen molar-refractivity contribution in [3.05, 3.63) is 0 Å². The Labute approximate surface area is 84.0 Å². The van der Waals surface area contributed by atoms with Crippen LogP contribution in [0.4, 0.5) is 18.0 Å². The number of carbonyl (C=O) groups is 2. The lowest BCUT2D eigenvalue weighted by molar-refractivity contribution is -0.160. The van der Waals surface area contributed by atoms with Crippen molar-refractivity contribution in [2.24, 2.45) is 0 Å². The number of likely N-dealkylation sites (N-methyl/N-ethyl adjacent to an activating group) is 1. The van der Waals surface area contributed by atoms with Gasteiger partial charge in [-0.15, -0.1) is 0 Å². The zero-order valence-corrected chi connectivity index (χ0v) is 7.98. The first-order valence-corrected chi connectivity index (χ1v) is 4.09. The average Bonchev–Trinajstić information content (AvgIpc) is 2.11. The topological polar surface area (TPSA) is 67.4 Å². The SMILES string of the molecule is CCNC(=O)CNC(=O)OCC(F)(F)F. The molecular formula is C7H11F3N2O3. The maximum Gasteiger partial charge on any atom is 0.422 e. The molecule has 15 heavy (non-hydrogen) atoms. The number of hydrogen-bond acceptors (Lipinski definition) is 3. The van der Waals surface area contributed by atoms with Gasteiger partial charge in [-0.3, -0.25) is 4.79 Å². The fourth-order valence-electron chi connectivity index (χ4n) is 0.611. The lowest BCUT2D eigenvalue weighted by Crippen LogP contribution is -2.38. The maximum atomic E-state index is 11.6. The van der Waals surface area contributed by atoms with Crippen LogP contribution in [-0.4, -0.2) is 37.9 Å². The Bertz CT molecular complexity index is 230. The first kappa shape index (κ1) is 13.5. The van der Waals surface area contributed by atoms with Gasteiger partial charge >= 0.3 is 12.3 Å². The van der Waals surface area contributed by atoms with E-state index in [1.807, 2.05) is 5.32 Å². The highest BCUT2D eigenvalue weighted by molar-refractivity contribution is 5.81. The molecule has 0 atom stereocenters. The third-order valence-electron chi connectivity index (χ3n) is 1.13. The number of halogens is 3. The third-order valence-corrected chi connectivity index (χ3v) is 1.13. The highest BCUT2D eigenvalue weighted by Crippen LogP contribution is 2.14. The van der Waals surface area contributed by atoms with E-state index >= 15 is 0 Å². The van der Waals surface area contributed by atoms with Crippen molar-refractivity contribution in [3.8, 4) is 0 Å². The Morgan fingerprint density at radius 3 is 2.33 bits per heavy atom. The number of ether oxygens (including phenoxy) is 1. The van der Waals surface area contributed by atoms with Crippen LogP contribution < -0.4 is 10.6 Å². The number of hydrogen-bond donors (Lipinski definition) is 2. The van der Waals surface area contributed by atoms with E-state index in [9.17, 15) is 22.8 Å². The van der Waals surface area contributed by atoms with E-state index in [1.165, 1.54) is 0 Å². The number of alkyl halides is 3. The van der Waals surface area contributed by atoms with Crippen molar-refractivity contribution in [2.75, 3.05) is 19.7 Å². The Kier molecular flexibility index (Phi) is 5.50. The van der Waals surface area contributed by atoms with Gasteiger partial charge in [0, 0.05) is 6.54 Å². The van der Waals surface area contributed by atoms with Gasteiger partial charge in [0.15, 0.2) is 6.61 Å². The molecule has 0 bridgehead atoms. The second-order valence-corrected chi connectivity index (χ2v) is 2.50. The zero-order chi connectivity index (χ0) is 11.9. The molecule has 0 radical (unpaired) electrons. The quantitative estimate of drug-likeness (QED) is 0.732. The summed E-state index contributed by atoms with van der Waals surface area (Å²) in [7, 11) is 0. The van der Waals surface area contributed by atoms with E-state index in [2.05, 4.69) is 10.1 Å². The molecule has 0 spiro atoms. The van der Waals surface area contributed by atoms with E-state index < -0.39 is 31.3 Å². The van der Waals surface area contributed by atoms with Crippen LogP contribution in [-0.2, 0) is 9.53 Å². The maximum absolute atomic E-state index is 11.6. The number of amides is 2.